The number of nitrogens with one attached hydrogen (secondary N) is 2. The van der Waals surface area contributed by atoms with Crippen LogP contribution in [0.4, 0.5) is 15.8 Å². The van der Waals surface area contributed by atoms with Crippen LogP contribution in [0.25, 0.3) is 0 Å². The van der Waals surface area contributed by atoms with Crippen molar-refractivity contribution >= 4 is 27.3 Å². The van der Waals surface area contributed by atoms with Gasteiger partial charge in [-0.3, -0.25) is 4.79 Å². The third-order valence-corrected chi connectivity index (χ3v) is 6.55. The lowest BCUT2D eigenvalue weighted by Crippen LogP contribution is -2.40. The highest BCUT2D eigenvalue weighted by atomic mass is 32.2. The molecule has 1 aliphatic rings. The summed E-state index contributed by atoms with van der Waals surface area (Å²) in [6, 6.07) is 10.1. The predicted molar refractivity (Wildman–Crippen MR) is 109 cm³/mol. The first-order valence-corrected chi connectivity index (χ1v) is 10.7. The van der Waals surface area contributed by atoms with Crippen molar-refractivity contribution in [1.82, 2.24) is 4.31 Å². The zero-order valence-corrected chi connectivity index (χ0v) is 17.1. The lowest BCUT2D eigenvalue weighted by Gasteiger charge is -2.26. The number of benzene rings is 2. The molecule has 1 atom stereocenters. The van der Waals surface area contributed by atoms with Crippen molar-refractivity contribution in [3.63, 3.8) is 0 Å². The highest BCUT2D eigenvalue weighted by Gasteiger charge is 2.26. The van der Waals surface area contributed by atoms with Crippen LogP contribution in [0.1, 0.15) is 12.5 Å². The van der Waals surface area contributed by atoms with Crippen molar-refractivity contribution in [2.75, 3.05) is 36.9 Å². The molecular weight excluding hydrogens is 397 g/mol. The van der Waals surface area contributed by atoms with E-state index in [-0.39, 0.29) is 16.6 Å². The highest BCUT2D eigenvalue weighted by Crippen LogP contribution is 2.21. The van der Waals surface area contributed by atoms with Crippen LogP contribution in [-0.4, -0.2) is 51.0 Å². The number of nitrogens with zero attached hydrogens (tertiary/aromatic N) is 1. The number of carbonyl (C=O) groups excluding carboxylic acids is 1. The number of hydrogen-bond donors (Lipinski definition) is 2. The lowest BCUT2D eigenvalue weighted by atomic mass is 10.2. The molecule has 0 aliphatic carbocycles. The fourth-order valence-electron chi connectivity index (χ4n) is 2.92. The molecule has 0 spiro atoms. The summed E-state index contributed by atoms with van der Waals surface area (Å²) in [5, 5.41) is 5.63. The van der Waals surface area contributed by atoms with Gasteiger partial charge in [0.2, 0.25) is 15.9 Å². The highest BCUT2D eigenvalue weighted by molar-refractivity contribution is 7.89. The Bertz CT molecular complexity index is 991. The number of amides is 1. The van der Waals surface area contributed by atoms with Gasteiger partial charge in [-0.25, -0.2) is 12.8 Å². The fraction of sp³-hybridized carbons (Fsp3) is 0.350. The van der Waals surface area contributed by atoms with Gasteiger partial charge in [0.05, 0.1) is 18.1 Å². The molecule has 29 heavy (non-hydrogen) atoms. The van der Waals surface area contributed by atoms with Gasteiger partial charge in [0.15, 0.2) is 0 Å². The van der Waals surface area contributed by atoms with Crippen LogP contribution in [0.3, 0.4) is 0 Å². The summed E-state index contributed by atoms with van der Waals surface area (Å²) >= 11 is 0. The van der Waals surface area contributed by atoms with Crippen molar-refractivity contribution in [1.29, 1.82) is 0 Å². The maximum absolute atomic E-state index is 13.7. The topological polar surface area (TPSA) is 87.7 Å². The third kappa shape index (κ3) is 5.11. The molecule has 9 heteroatoms. The van der Waals surface area contributed by atoms with Gasteiger partial charge in [0.1, 0.15) is 11.9 Å². The number of hydrogen-bond acceptors (Lipinski definition) is 5. The lowest BCUT2D eigenvalue weighted by molar-refractivity contribution is -0.116. The minimum atomic E-state index is -3.65. The van der Waals surface area contributed by atoms with Gasteiger partial charge >= 0.3 is 0 Å². The number of anilines is 2. The molecule has 7 nitrogen and oxygen atoms in total. The van der Waals surface area contributed by atoms with Crippen LogP contribution < -0.4 is 10.6 Å². The summed E-state index contributed by atoms with van der Waals surface area (Å²) in [6.45, 7) is 4.62. The first-order valence-electron chi connectivity index (χ1n) is 9.29. The van der Waals surface area contributed by atoms with Gasteiger partial charge in [0.25, 0.3) is 0 Å². The summed E-state index contributed by atoms with van der Waals surface area (Å²) in [4.78, 5) is 12.6. The number of sulfonamides is 1. The molecule has 0 aromatic heterocycles. The Morgan fingerprint density at radius 2 is 1.86 bits per heavy atom. The van der Waals surface area contributed by atoms with E-state index in [0.717, 1.165) is 0 Å². The van der Waals surface area contributed by atoms with Crippen molar-refractivity contribution < 1.29 is 22.3 Å². The van der Waals surface area contributed by atoms with Crippen LogP contribution >= 0.6 is 0 Å². The standard InChI is InChI=1S/C20H24FN3O4S/c1-14-6-7-17(13-19(14)21)22-15(2)20(25)23-16-4-3-5-18(12-16)29(26,27)24-8-10-28-11-9-24/h3-7,12-13,15,22H,8-11H2,1-2H3,(H,23,25). The molecule has 1 heterocycles. The molecule has 1 unspecified atom stereocenters. The molecule has 156 valence electrons. The minimum absolute atomic E-state index is 0.110. The molecule has 1 saturated heterocycles. The zero-order valence-electron chi connectivity index (χ0n) is 16.3. The van der Waals surface area contributed by atoms with E-state index in [9.17, 15) is 17.6 Å². The zero-order chi connectivity index (χ0) is 21.0. The first-order chi connectivity index (χ1) is 13.8. The van der Waals surface area contributed by atoms with Gasteiger partial charge in [0, 0.05) is 24.5 Å². The average molecular weight is 421 g/mol. The molecule has 2 aromatic rings. The molecule has 0 bridgehead atoms. The number of rotatable bonds is 6. The minimum Gasteiger partial charge on any atom is -0.379 e. The van der Waals surface area contributed by atoms with Gasteiger partial charge in [-0.15, -0.1) is 0 Å². The maximum Gasteiger partial charge on any atom is 0.246 e. The van der Waals surface area contributed by atoms with E-state index in [1.54, 1.807) is 38.1 Å². The molecule has 0 radical (unpaired) electrons. The summed E-state index contributed by atoms with van der Waals surface area (Å²) in [7, 11) is -3.65. The Balaban J connectivity index is 1.68. The SMILES string of the molecule is Cc1ccc(NC(C)C(=O)Nc2cccc(S(=O)(=O)N3CCOCC3)c2)cc1F. The van der Waals surface area contributed by atoms with Crippen molar-refractivity contribution in [3.05, 3.63) is 53.8 Å². The smallest absolute Gasteiger partial charge is 0.246 e. The largest absolute Gasteiger partial charge is 0.379 e. The Morgan fingerprint density at radius 1 is 1.14 bits per heavy atom. The van der Waals surface area contributed by atoms with Crippen LogP contribution in [0, 0.1) is 12.7 Å². The van der Waals surface area contributed by atoms with E-state index >= 15 is 0 Å². The van der Waals surface area contributed by atoms with Crippen molar-refractivity contribution in [2.45, 2.75) is 24.8 Å². The molecule has 2 N–H and O–H groups in total. The second-order valence-electron chi connectivity index (χ2n) is 6.86. The maximum atomic E-state index is 13.7. The van der Waals surface area contributed by atoms with E-state index < -0.39 is 16.1 Å². The van der Waals surface area contributed by atoms with E-state index in [1.807, 2.05) is 0 Å². The Morgan fingerprint density at radius 3 is 2.55 bits per heavy atom. The fourth-order valence-corrected chi connectivity index (χ4v) is 4.37. The number of aryl methyl sites for hydroxylation is 1. The predicted octanol–water partition coefficient (Wildman–Crippen LogP) is 2.59. The second-order valence-corrected chi connectivity index (χ2v) is 8.80. The van der Waals surface area contributed by atoms with Crippen LogP contribution in [-0.2, 0) is 19.6 Å². The number of halogens is 1. The van der Waals surface area contributed by atoms with Gasteiger partial charge in [-0.1, -0.05) is 12.1 Å². The molecule has 1 aliphatic heterocycles. The van der Waals surface area contributed by atoms with Crippen molar-refractivity contribution in [3.8, 4) is 0 Å². The number of carbonyl (C=O) groups is 1. The monoisotopic (exact) mass is 421 g/mol. The van der Waals surface area contributed by atoms with Gasteiger partial charge in [-0.2, -0.15) is 4.31 Å². The summed E-state index contributed by atoms with van der Waals surface area (Å²) in [6.07, 6.45) is 0. The molecule has 0 saturated carbocycles. The molecule has 3 rings (SSSR count). The third-order valence-electron chi connectivity index (χ3n) is 4.66. The molecule has 2 aromatic carbocycles. The van der Waals surface area contributed by atoms with E-state index in [0.29, 0.717) is 43.2 Å². The number of ether oxygens (including phenoxy) is 1. The summed E-state index contributed by atoms with van der Waals surface area (Å²) < 4.78 is 45.8. The molecular formula is C20H24FN3O4S. The summed E-state index contributed by atoms with van der Waals surface area (Å²) in [5.41, 5.74) is 1.37. The average Bonchev–Trinajstić information content (AvgIpc) is 2.71. The normalized spacial score (nSPS) is 16.2. The van der Waals surface area contributed by atoms with Crippen LogP contribution in [0.5, 0.6) is 0 Å². The Labute approximate surface area is 169 Å². The molecule has 1 fully saturated rings. The summed E-state index contributed by atoms with van der Waals surface area (Å²) in [5.74, 6) is -0.726. The van der Waals surface area contributed by atoms with Gasteiger partial charge in [-0.05, 0) is 49.7 Å². The first kappa shape index (κ1) is 21.2. The Kier molecular flexibility index (Phi) is 6.51. The Hall–Kier alpha value is -2.49. The van der Waals surface area contributed by atoms with E-state index in [4.69, 9.17) is 4.74 Å². The van der Waals surface area contributed by atoms with Gasteiger partial charge < -0.3 is 15.4 Å². The van der Waals surface area contributed by atoms with Crippen LogP contribution in [0.15, 0.2) is 47.4 Å². The van der Waals surface area contributed by atoms with Crippen molar-refractivity contribution in [2.24, 2.45) is 0 Å². The van der Waals surface area contributed by atoms with E-state index in [2.05, 4.69) is 10.6 Å². The quantitative estimate of drug-likeness (QED) is 0.749. The van der Waals surface area contributed by atoms with Crippen LogP contribution in [0.2, 0.25) is 0 Å². The molecule has 1 amide bonds. The van der Waals surface area contributed by atoms with E-state index in [1.165, 1.54) is 22.5 Å². The number of morpholine rings is 1. The second kappa shape index (κ2) is 8.89.